The van der Waals surface area contributed by atoms with E-state index < -0.39 is 0 Å². The molecule has 1 heterocycles. The molecule has 3 aromatic rings. The van der Waals surface area contributed by atoms with Crippen molar-refractivity contribution in [1.29, 1.82) is 0 Å². The Morgan fingerprint density at radius 2 is 1.85 bits per heavy atom. The third-order valence-corrected chi connectivity index (χ3v) is 3.71. The summed E-state index contributed by atoms with van der Waals surface area (Å²) < 4.78 is 1.10. The third kappa shape index (κ3) is 2.80. The van der Waals surface area contributed by atoms with Gasteiger partial charge in [-0.05, 0) is 42.0 Å². The first-order valence-electron chi connectivity index (χ1n) is 6.44. The first-order chi connectivity index (χ1) is 9.72. The molecule has 0 bridgehead atoms. The quantitative estimate of drug-likeness (QED) is 0.765. The van der Waals surface area contributed by atoms with E-state index >= 15 is 0 Å². The number of halogens is 1. The van der Waals surface area contributed by atoms with Crippen molar-refractivity contribution in [3.63, 3.8) is 0 Å². The molecule has 1 N–H and O–H groups in total. The number of aromatic nitrogens is 2. The molecule has 100 valence electrons. The Morgan fingerprint density at radius 1 is 1.05 bits per heavy atom. The van der Waals surface area contributed by atoms with Crippen molar-refractivity contribution in [1.82, 2.24) is 9.97 Å². The van der Waals surface area contributed by atoms with Gasteiger partial charge in [-0.2, -0.15) is 0 Å². The minimum Gasteiger partial charge on any atom is -0.377 e. The Morgan fingerprint density at radius 3 is 2.65 bits per heavy atom. The van der Waals surface area contributed by atoms with Crippen LogP contribution in [-0.2, 0) is 0 Å². The van der Waals surface area contributed by atoms with Crippen LogP contribution < -0.4 is 5.32 Å². The van der Waals surface area contributed by atoms with E-state index in [1.807, 2.05) is 0 Å². The Balaban J connectivity index is 1.86. The molecule has 3 nitrogen and oxygen atoms in total. The van der Waals surface area contributed by atoms with Gasteiger partial charge in [0.1, 0.15) is 0 Å². The number of hydrogen-bond acceptors (Lipinski definition) is 3. The average molecular weight is 328 g/mol. The van der Waals surface area contributed by atoms with E-state index in [-0.39, 0.29) is 6.04 Å². The lowest BCUT2D eigenvalue weighted by molar-refractivity contribution is 0.828. The van der Waals surface area contributed by atoms with E-state index in [0.29, 0.717) is 0 Å². The van der Waals surface area contributed by atoms with Crippen molar-refractivity contribution in [2.75, 3.05) is 5.32 Å². The summed E-state index contributed by atoms with van der Waals surface area (Å²) in [4.78, 5) is 8.42. The minimum atomic E-state index is 0.122. The van der Waals surface area contributed by atoms with Crippen LogP contribution in [0, 0.1) is 0 Å². The van der Waals surface area contributed by atoms with Crippen LogP contribution in [-0.4, -0.2) is 9.97 Å². The molecule has 2 aromatic carbocycles. The first-order valence-corrected chi connectivity index (χ1v) is 7.23. The highest BCUT2D eigenvalue weighted by atomic mass is 79.9. The average Bonchev–Trinajstić information content (AvgIpc) is 2.48. The number of hydrogen-bond donors (Lipinski definition) is 1. The van der Waals surface area contributed by atoms with Crippen molar-refractivity contribution >= 4 is 32.4 Å². The molecule has 0 aliphatic heterocycles. The molecule has 0 spiro atoms. The van der Waals surface area contributed by atoms with E-state index in [0.717, 1.165) is 15.9 Å². The third-order valence-electron chi connectivity index (χ3n) is 3.21. The van der Waals surface area contributed by atoms with Crippen LogP contribution in [0.5, 0.6) is 0 Å². The number of fused-ring (bicyclic) bond motifs is 1. The maximum Gasteiger partial charge on any atom is 0.0806 e. The number of anilines is 1. The fraction of sp³-hybridized carbons (Fsp3) is 0.125. The standard InChI is InChI=1S/C16H14BrN3/c1-11(16-10-18-6-7-19-16)20-15-5-3-12-8-14(17)4-2-13(12)9-15/h2-11,20H,1H3. The van der Waals surface area contributed by atoms with E-state index in [1.54, 1.807) is 18.6 Å². The van der Waals surface area contributed by atoms with Crippen LogP contribution in [0.3, 0.4) is 0 Å². The zero-order valence-corrected chi connectivity index (χ0v) is 12.6. The van der Waals surface area contributed by atoms with Gasteiger partial charge in [0.15, 0.2) is 0 Å². The zero-order valence-electron chi connectivity index (χ0n) is 11.0. The lowest BCUT2D eigenvalue weighted by Crippen LogP contribution is -2.08. The molecule has 1 atom stereocenters. The number of benzene rings is 2. The van der Waals surface area contributed by atoms with Crippen LogP contribution in [0.4, 0.5) is 5.69 Å². The minimum absolute atomic E-state index is 0.122. The van der Waals surface area contributed by atoms with Crippen molar-refractivity contribution in [2.45, 2.75) is 13.0 Å². The molecule has 0 radical (unpaired) electrons. The molecule has 1 unspecified atom stereocenters. The van der Waals surface area contributed by atoms with Crippen LogP contribution >= 0.6 is 15.9 Å². The topological polar surface area (TPSA) is 37.8 Å². The van der Waals surface area contributed by atoms with Crippen LogP contribution in [0.1, 0.15) is 18.7 Å². The van der Waals surface area contributed by atoms with Crippen LogP contribution in [0.15, 0.2) is 59.5 Å². The van der Waals surface area contributed by atoms with Gasteiger partial charge in [-0.15, -0.1) is 0 Å². The maximum absolute atomic E-state index is 4.32. The monoisotopic (exact) mass is 327 g/mol. The summed E-state index contributed by atoms with van der Waals surface area (Å²) in [6, 6.07) is 12.7. The van der Waals surface area contributed by atoms with Gasteiger partial charge in [-0.25, -0.2) is 0 Å². The molecule has 0 saturated heterocycles. The highest BCUT2D eigenvalue weighted by Gasteiger charge is 2.06. The van der Waals surface area contributed by atoms with E-state index in [2.05, 4.69) is 74.5 Å². The maximum atomic E-state index is 4.32. The van der Waals surface area contributed by atoms with Crippen molar-refractivity contribution in [3.8, 4) is 0 Å². The summed E-state index contributed by atoms with van der Waals surface area (Å²) in [7, 11) is 0. The molecule has 3 rings (SSSR count). The largest absolute Gasteiger partial charge is 0.377 e. The summed E-state index contributed by atoms with van der Waals surface area (Å²) >= 11 is 3.49. The number of nitrogens with one attached hydrogen (secondary N) is 1. The molecular weight excluding hydrogens is 314 g/mol. The highest BCUT2D eigenvalue weighted by Crippen LogP contribution is 2.25. The summed E-state index contributed by atoms with van der Waals surface area (Å²) in [5.74, 6) is 0. The van der Waals surface area contributed by atoms with Crippen molar-refractivity contribution in [3.05, 3.63) is 65.2 Å². The van der Waals surface area contributed by atoms with Gasteiger partial charge in [0.2, 0.25) is 0 Å². The zero-order chi connectivity index (χ0) is 13.9. The summed E-state index contributed by atoms with van der Waals surface area (Å²) in [5, 5.41) is 5.88. The molecule has 0 saturated carbocycles. The van der Waals surface area contributed by atoms with Gasteiger partial charge >= 0.3 is 0 Å². The SMILES string of the molecule is CC(Nc1ccc2cc(Br)ccc2c1)c1cnccn1. The smallest absolute Gasteiger partial charge is 0.0806 e. The van der Waals surface area contributed by atoms with Gasteiger partial charge in [-0.3, -0.25) is 9.97 Å². The van der Waals surface area contributed by atoms with Gasteiger partial charge in [0, 0.05) is 22.6 Å². The molecule has 1 aromatic heterocycles. The van der Waals surface area contributed by atoms with E-state index in [9.17, 15) is 0 Å². The van der Waals surface area contributed by atoms with Gasteiger partial charge in [0.05, 0.1) is 17.9 Å². The Bertz CT molecular complexity index is 728. The van der Waals surface area contributed by atoms with Crippen LogP contribution in [0.2, 0.25) is 0 Å². The molecule has 0 amide bonds. The van der Waals surface area contributed by atoms with Gasteiger partial charge in [0.25, 0.3) is 0 Å². The molecule has 0 aliphatic carbocycles. The second-order valence-corrected chi connectivity index (χ2v) is 5.62. The predicted molar refractivity (Wildman–Crippen MR) is 85.7 cm³/mol. The molecule has 20 heavy (non-hydrogen) atoms. The lowest BCUT2D eigenvalue weighted by atomic mass is 10.1. The lowest BCUT2D eigenvalue weighted by Gasteiger charge is -2.14. The Kier molecular flexibility index (Phi) is 3.65. The van der Waals surface area contributed by atoms with E-state index in [1.165, 1.54) is 10.8 Å². The van der Waals surface area contributed by atoms with Gasteiger partial charge in [-0.1, -0.05) is 28.1 Å². The summed E-state index contributed by atoms with van der Waals surface area (Å²) in [5.41, 5.74) is 2.02. The second-order valence-electron chi connectivity index (χ2n) is 4.70. The highest BCUT2D eigenvalue weighted by molar-refractivity contribution is 9.10. The molecule has 4 heteroatoms. The van der Waals surface area contributed by atoms with Gasteiger partial charge < -0.3 is 5.32 Å². The number of nitrogens with zero attached hydrogens (tertiary/aromatic N) is 2. The fourth-order valence-electron chi connectivity index (χ4n) is 2.16. The number of rotatable bonds is 3. The summed E-state index contributed by atoms with van der Waals surface area (Å²) in [6.07, 6.45) is 5.19. The first kappa shape index (κ1) is 13.1. The van der Waals surface area contributed by atoms with Crippen LogP contribution in [0.25, 0.3) is 10.8 Å². The summed E-state index contributed by atoms with van der Waals surface area (Å²) in [6.45, 7) is 2.08. The molecular formula is C16H14BrN3. The van der Waals surface area contributed by atoms with Crippen molar-refractivity contribution in [2.24, 2.45) is 0 Å². The second kappa shape index (κ2) is 5.59. The predicted octanol–water partition coefficient (Wildman–Crippen LogP) is 4.57. The molecule has 0 aliphatic rings. The fourth-order valence-corrected chi connectivity index (χ4v) is 2.54. The normalized spacial score (nSPS) is 12.3. The van der Waals surface area contributed by atoms with E-state index in [4.69, 9.17) is 0 Å². The Hall–Kier alpha value is -1.94. The Labute approximate surface area is 126 Å². The molecule has 0 fully saturated rings. The van der Waals surface area contributed by atoms with Crippen molar-refractivity contribution < 1.29 is 0 Å².